The second-order valence-electron chi connectivity index (χ2n) is 3.49. The molecule has 0 aromatic heterocycles. The van der Waals surface area contributed by atoms with E-state index in [2.05, 4.69) is 0 Å². The van der Waals surface area contributed by atoms with Crippen LogP contribution in [0.1, 0.15) is 13.3 Å². The molecule has 0 radical (unpaired) electrons. The van der Waals surface area contributed by atoms with Crippen molar-refractivity contribution >= 4 is 19.7 Å². The lowest BCUT2D eigenvalue weighted by Crippen LogP contribution is -2.09. The van der Waals surface area contributed by atoms with Crippen LogP contribution in [0.3, 0.4) is 0 Å². The van der Waals surface area contributed by atoms with Crippen LogP contribution in [-0.4, -0.2) is 28.2 Å². The SMILES string of the molecule is CCCOCCOc1ccc(F)cc1S(=O)(=O)Cl. The number of hydrogen-bond donors (Lipinski definition) is 0. The summed E-state index contributed by atoms with van der Waals surface area (Å²) < 4.78 is 45.8. The molecule has 0 heterocycles. The van der Waals surface area contributed by atoms with Gasteiger partial charge in [0.25, 0.3) is 9.05 Å². The zero-order valence-corrected chi connectivity index (χ0v) is 11.4. The van der Waals surface area contributed by atoms with Gasteiger partial charge in [0.1, 0.15) is 23.1 Å². The van der Waals surface area contributed by atoms with Gasteiger partial charge < -0.3 is 9.47 Å². The second-order valence-corrected chi connectivity index (χ2v) is 6.02. The highest BCUT2D eigenvalue weighted by atomic mass is 35.7. The van der Waals surface area contributed by atoms with E-state index in [1.54, 1.807) is 0 Å². The van der Waals surface area contributed by atoms with Crippen LogP contribution < -0.4 is 4.74 Å². The Hall–Kier alpha value is -0.850. The predicted molar refractivity (Wildman–Crippen MR) is 66.0 cm³/mol. The lowest BCUT2D eigenvalue weighted by atomic mass is 10.3. The van der Waals surface area contributed by atoms with E-state index in [1.165, 1.54) is 6.07 Å². The molecule has 102 valence electrons. The fourth-order valence-electron chi connectivity index (χ4n) is 1.25. The van der Waals surface area contributed by atoms with Crippen molar-refractivity contribution in [2.45, 2.75) is 18.2 Å². The molecule has 0 saturated carbocycles. The van der Waals surface area contributed by atoms with Crippen molar-refractivity contribution in [2.75, 3.05) is 19.8 Å². The quantitative estimate of drug-likeness (QED) is 0.573. The van der Waals surface area contributed by atoms with Crippen molar-refractivity contribution in [3.05, 3.63) is 24.0 Å². The fourth-order valence-corrected chi connectivity index (χ4v) is 2.23. The van der Waals surface area contributed by atoms with E-state index < -0.39 is 14.9 Å². The van der Waals surface area contributed by atoms with Crippen molar-refractivity contribution < 1.29 is 22.3 Å². The maximum atomic E-state index is 13.0. The second kappa shape index (κ2) is 6.92. The van der Waals surface area contributed by atoms with Gasteiger partial charge in [-0.2, -0.15) is 0 Å². The molecule has 0 aliphatic carbocycles. The van der Waals surface area contributed by atoms with E-state index in [0.29, 0.717) is 13.2 Å². The first-order chi connectivity index (χ1) is 8.45. The maximum Gasteiger partial charge on any atom is 0.265 e. The van der Waals surface area contributed by atoms with E-state index in [-0.39, 0.29) is 17.3 Å². The van der Waals surface area contributed by atoms with E-state index in [9.17, 15) is 12.8 Å². The molecule has 1 aromatic rings. The van der Waals surface area contributed by atoms with Crippen molar-refractivity contribution in [2.24, 2.45) is 0 Å². The molecular weight excluding hydrogens is 283 g/mol. The van der Waals surface area contributed by atoms with Crippen molar-refractivity contribution in [1.29, 1.82) is 0 Å². The molecule has 0 aliphatic rings. The Morgan fingerprint density at radius 1 is 1.28 bits per heavy atom. The van der Waals surface area contributed by atoms with Gasteiger partial charge in [-0.3, -0.25) is 0 Å². The summed E-state index contributed by atoms with van der Waals surface area (Å²) in [7, 11) is 1.16. The molecule has 7 heteroatoms. The zero-order valence-electron chi connectivity index (χ0n) is 9.86. The summed E-state index contributed by atoms with van der Waals surface area (Å²) in [6.45, 7) is 3.07. The van der Waals surface area contributed by atoms with Gasteiger partial charge in [0.05, 0.1) is 6.61 Å². The Kier molecular flexibility index (Phi) is 5.84. The Morgan fingerprint density at radius 3 is 2.61 bits per heavy atom. The van der Waals surface area contributed by atoms with Crippen molar-refractivity contribution in [3.8, 4) is 5.75 Å². The lowest BCUT2D eigenvalue weighted by Gasteiger charge is -2.09. The number of hydrogen-bond acceptors (Lipinski definition) is 4. The fraction of sp³-hybridized carbons (Fsp3) is 0.455. The van der Waals surface area contributed by atoms with E-state index in [1.807, 2.05) is 6.92 Å². The molecule has 0 bridgehead atoms. The van der Waals surface area contributed by atoms with Gasteiger partial charge in [-0.15, -0.1) is 0 Å². The molecule has 0 unspecified atom stereocenters. The third-order valence-corrected chi connectivity index (χ3v) is 3.35. The molecule has 0 atom stereocenters. The molecule has 0 N–H and O–H groups in total. The topological polar surface area (TPSA) is 52.6 Å². The van der Waals surface area contributed by atoms with Crippen LogP contribution in [0.2, 0.25) is 0 Å². The lowest BCUT2D eigenvalue weighted by molar-refractivity contribution is 0.0995. The average molecular weight is 297 g/mol. The molecule has 0 fully saturated rings. The van der Waals surface area contributed by atoms with Gasteiger partial charge in [0.2, 0.25) is 0 Å². The van der Waals surface area contributed by atoms with Gasteiger partial charge in [0, 0.05) is 17.3 Å². The first-order valence-corrected chi connectivity index (χ1v) is 7.71. The van der Waals surface area contributed by atoms with Crippen LogP contribution in [0.15, 0.2) is 23.1 Å². The van der Waals surface area contributed by atoms with E-state index in [0.717, 1.165) is 18.6 Å². The third-order valence-electron chi connectivity index (χ3n) is 2.00. The van der Waals surface area contributed by atoms with Crippen LogP contribution in [0.4, 0.5) is 4.39 Å². The molecular formula is C11H14ClFO4S. The molecule has 18 heavy (non-hydrogen) atoms. The van der Waals surface area contributed by atoms with Gasteiger partial charge in [0.15, 0.2) is 0 Å². The average Bonchev–Trinajstić information content (AvgIpc) is 2.29. The van der Waals surface area contributed by atoms with E-state index in [4.69, 9.17) is 20.2 Å². The highest BCUT2D eigenvalue weighted by Crippen LogP contribution is 2.27. The van der Waals surface area contributed by atoms with Crippen LogP contribution in [0.5, 0.6) is 5.75 Å². The number of halogens is 2. The number of ether oxygens (including phenoxy) is 2. The maximum absolute atomic E-state index is 13.0. The van der Waals surface area contributed by atoms with Crippen LogP contribution >= 0.6 is 10.7 Å². The number of benzene rings is 1. The van der Waals surface area contributed by atoms with Gasteiger partial charge in [-0.05, 0) is 24.6 Å². The molecule has 0 aliphatic heterocycles. The Labute approximate surface area is 110 Å². The van der Waals surface area contributed by atoms with Gasteiger partial charge >= 0.3 is 0 Å². The molecule has 1 rings (SSSR count). The largest absolute Gasteiger partial charge is 0.490 e. The summed E-state index contributed by atoms with van der Waals surface area (Å²) in [5.74, 6) is -0.671. The van der Waals surface area contributed by atoms with Crippen LogP contribution in [0.25, 0.3) is 0 Å². The smallest absolute Gasteiger partial charge is 0.265 e. The molecule has 0 saturated heterocycles. The minimum Gasteiger partial charge on any atom is -0.490 e. The minimum atomic E-state index is -4.04. The summed E-state index contributed by atoms with van der Waals surface area (Å²) in [6.07, 6.45) is 0.887. The van der Waals surface area contributed by atoms with Gasteiger partial charge in [-0.25, -0.2) is 12.8 Å². The van der Waals surface area contributed by atoms with Crippen LogP contribution in [0, 0.1) is 5.82 Å². The zero-order chi connectivity index (χ0) is 13.6. The van der Waals surface area contributed by atoms with Gasteiger partial charge in [-0.1, -0.05) is 6.92 Å². The summed E-state index contributed by atoms with van der Waals surface area (Å²) in [5, 5.41) is 0. The first kappa shape index (κ1) is 15.2. The first-order valence-electron chi connectivity index (χ1n) is 5.40. The normalized spacial score (nSPS) is 11.5. The molecule has 0 spiro atoms. The van der Waals surface area contributed by atoms with Crippen LogP contribution in [-0.2, 0) is 13.8 Å². The number of rotatable bonds is 7. The minimum absolute atomic E-state index is 0.0199. The standard InChI is InChI=1S/C11H14ClFO4S/c1-2-5-16-6-7-17-10-4-3-9(13)8-11(10)18(12,14)15/h3-4,8H,2,5-7H2,1H3. The summed E-state index contributed by atoms with van der Waals surface area (Å²) >= 11 is 0. The molecule has 1 aromatic carbocycles. The third kappa shape index (κ3) is 4.80. The highest BCUT2D eigenvalue weighted by Gasteiger charge is 2.17. The highest BCUT2D eigenvalue weighted by molar-refractivity contribution is 8.13. The molecule has 0 amide bonds. The predicted octanol–water partition coefficient (Wildman–Crippen LogP) is 2.56. The Bertz CT molecular complexity index is 490. The van der Waals surface area contributed by atoms with E-state index >= 15 is 0 Å². The van der Waals surface area contributed by atoms with Crippen molar-refractivity contribution in [3.63, 3.8) is 0 Å². The summed E-state index contributed by atoms with van der Waals surface area (Å²) in [5.41, 5.74) is 0. The van der Waals surface area contributed by atoms with Crippen molar-refractivity contribution in [1.82, 2.24) is 0 Å². The molecule has 4 nitrogen and oxygen atoms in total. The summed E-state index contributed by atoms with van der Waals surface area (Å²) in [6, 6.07) is 3.16. The summed E-state index contributed by atoms with van der Waals surface area (Å²) in [4.78, 5) is -0.375. The monoisotopic (exact) mass is 296 g/mol. The Balaban J connectivity index is 2.71. The Morgan fingerprint density at radius 2 is 2.00 bits per heavy atom.